The molecule has 0 aliphatic rings. The topological polar surface area (TPSA) is 128 Å². The summed E-state index contributed by atoms with van der Waals surface area (Å²) in [4.78, 5) is 39.2. The van der Waals surface area contributed by atoms with Gasteiger partial charge in [-0.2, -0.15) is 5.10 Å². The van der Waals surface area contributed by atoms with Crippen LogP contribution in [-0.4, -0.2) is 40.4 Å². The molecular weight excluding hydrogens is 386 g/mol. The molecule has 3 aromatic rings. The third-order valence-electron chi connectivity index (χ3n) is 3.57. The van der Waals surface area contributed by atoms with Crippen molar-refractivity contribution in [1.29, 1.82) is 0 Å². The lowest BCUT2D eigenvalue weighted by molar-refractivity contribution is -0.120. The van der Waals surface area contributed by atoms with Crippen LogP contribution in [0.5, 0.6) is 0 Å². The molecule has 10 nitrogen and oxygen atoms in total. The first-order chi connectivity index (χ1) is 13.5. The number of thiazole rings is 1. The van der Waals surface area contributed by atoms with Gasteiger partial charge in [-0.25, -0.2) is 14.5 Å². The molecule has 0 aliphatic heterocycles. The molecule has 146 valence electrons. The Labute approximate surface area is 163 Å². The van der Waals surface area contributed by atoms with Crippen LogP contribution in [0.15, 0.2) is 45.1 Å². The first-order valence-electron chi connectivity index (χ1n) is 8.23. The van der Waals surface area contributed by atoms with Crippen LogP contribution in [0.4, 0.5) is 9.93 Å². The van der Waals surface area contributed by atoms with Gasteiger partial charge in [0.1, 0.15) is 5.69 Å². The van der Waals surface area contributed by atoms with Crippen LogP contribution in [0.2, 0.25) is 0 Å². The van der Waals surface area contributed by atoms with E-state index in [2.05, 4.69) is 25.5 Å². The Kier molecular flexibility index (Phi) is 6.17. The van der Waals surface area contributed by atoms with Crippen molar-refractivity contribution in [1.82, 2.24) is 20.1 Å². The first-order valence-corrected chi connectivity index (χ1v) is 9.11. The highest BCUT2D eigenvalue weighted by molar-refractivity contribution is 7.13. The predicted molar refractivity (Wildman–Crippen MR) is 101 cm³/mol. The zero-order valence-corrected chi connectivity index (χ0v) is 15.7. The Balaban J connectivity index is 1.51. The lowest BCUT2D eigenvalue weighted by Crippen LogP contribution is -2.32. The number of ether oxygens (including phenoxy) is 1. The highest BCUT2D eigenvalue weighted by atomic mass is 32.1. The van der Waals surface area contributed by atoms with Crippen LogP contribution >= 0.6 is 11.3 Å². The van der Waals surface area contributed by atoms with Crippen LogP contribution in [0.1, 0.15) is 5.69 Å². The van der Waals surface area contributed by atoms with E-state index in [1.807, 2.05) is 0 Å². The number of amides is 2. The van der Waals surface area contributed by atoms with E-state index in [1.165, 1.54) is 35.5 Å². The van der Waals surface area contributed by atoms with E-state index in [1.54, 1.807) is 23.6 Å². The second-order valence-corrected chi connectivity index (χ2v) is 6.40. The number of aromatic nitrogens is 3. The van der Waals surface area contributed by atoms with E-state index in [9.17, 15) is 14.4 Å². The van der Waals surface area contributed by atoms with Crippen molar-refractivity contribution in [3.63, 3.8) is 0 Å². The molecule has 11 heteroatoms. The summed E-state index contributed by atoms with van der Waals surface area (Å²) in [5, 5.41) is 11.4. The summed E-state index contributed by atoms with van der Waals surface area (Å²) in [6.07, 6.45) is 0.950. The number of hydrogen-bond donors (Lipinski definition) is 2. The van der Waals surface area contributed by atoms with Gasteiger partial charge >= 0.3 is 6.09 Å². The molecule has 3 aromatic heterocycles. The molecule has 0 saturated heterocycles. The Morgan fingerprint density at radius 1 is 1.32 bits per heavy atom. The molecule has 2 N–H and O–H groups in total. The largest absolute Gasteiger partial charge is 0.463 e. The maximum atomic E-state index is 12.0. The zero-order chi connectivity index (χ0) is 19.9. The summed E-state index contributed by atoms with van der Waals surface area (Å²) >= 11 is 1.19. The molecule has 0 aromatic carbocycles. The Bertz CT molecular complexity index is 1010. The molecule has 0 atom stereocenters. The Morgan fingerprint density at radius 3 is 2.93 bits per heavy atom. The second kappa shape index (κ2) is 8.95. The predicted octanol–water partition coefficient (Wildman–Crippen LogP) is 1.50. The molecule has 3 heterocycles. The molecule has 0 bridgehead atoms. The van der Waals surface area contributed by atoms with E-state index in [-0.39, 0.29) is 31.0 Å². The number of carbonyl (C=O) groups excluding carboxylic acids is 2. The van der Waals surface area contributed by atoms with Crippen LogP contribution in [0.3, 0.4) is 0 Å². The van der Waals surface area contributed by atoms with Gasteiger partial charge < -0.3 is 14.5 Å². The number of methoxy groups -OCH3 is 1. The highest BCUT2D eigenvalue weighted by Crippen LogP contribution is 2.16. The minimum Gasteiger partial charge on any atom is -0.463 e. The monoisotopic (exact) mass is 403 g/mol. The molecule has 0 spiro atoms. The second-order valence-electron chi connectivity index (χ2n) is 5.54. The van der Waals surface area contributed by atoms with Crippen molar-refractivity contribution >= 4 is 28.5 Å². The molecule has 0 saturated carbocycles. The standard InChI is InChI=1S/C17H17N5O5S/c1-26-17(25)20-16-19-11(10-28-16)9-14(23)18-6-7-22-15(24)5-4-12(21-22)13-3-2-8-27-13/h2-5,8,10H,6-7,9H2,1H3,(H,18,23)(H,19,20,25). The lowest BCUT2D eigenvalue weighted by Gasteiger charge is -2.07. The molecule has 28 heavy (non-hydrogen) atoms. The first kappa shape index (κ1) is 19.3. The maximum absolute atomic E-state index is 12.0. The normalized spacial score (nSPS) is 10.5. The summed E-state index contributed by atoms with van der Waals surface area (Å²) < 4.78 is 11.0. The van der Waals surface area contributed by atoms with Gasteiger partial charge in [-0.1, -0.05) is 0 Å². The van der Waals surface area contributed by atoms with Crippen molar-refractivity contribution in [2.75, 3.05) is 19.0 Å². The summed E-state index contributed by atoms with van der Waals surface area (Å²) in [5.41, 5.74) is 0.774. The number of hydrogen-bond acceptors (Lipinski definition) is 8. The van der Waals surface area contributed by atoms with Gasteiger partial charge in [0.05, 0.1) is 32.0 Å². The van der Waals surface area contributed by atoms with Gasteiger partial charge in [0.25, 0.3) is 5.56 Å². The maximum Gasteiger partial charge on any atom is 0.413 e. The van der Waals surface area contributed by atoms with Crippen LogP contribution in [-0.2, 0) is 22.5 Å². The number of furan rings is 1. The molecule has 2 amide bonds. The fraction of sp³-hybridized carbons (Fsp3) is 0.235. The van der Waals surface area contributed by atoms with Crippen molar-refractivity contribution < 1.29 is 18.7 Å². The van der Waals surface area contributed by atoms with Crippen molar-refractivity contribution in [2.45, 2.75) is 13.0 Å². The van der Waals surface area contributed by atoms with Gasteiger partial charge in [0.2, 0.25) is 5.91 Å². The van der Waals surface area contributed by atoms with E-state index >= 15 is 0 Å². The number of anilines is 1. The average Bonchev–Trinajstić information content (AvgIpc) is 3.35. The quantitative estimate of drug-likeness (QED) is 0.612. The van der Waals surface area contributed by atoms with E-state index < -0.39 is 6.09 Å². The van der Waals surface area contributed by atoms with Gasteiger partial charge in [-0.3, -0.25) is 14.9 Å². The van der Waals surface area contributed by atoms with Gasteiger partial charge in [-0.15, -0.1) is 11.3 Å². The summed E-state index contributed by atoms with van der Waals surface area (Å²) in [6, 6.07) is 6.46. The fourth-order valence-corrected chi connectivity index (χ4v) is 2.97. The molecule has 0 radical (unpaired) electrons. The summed E-state index contributed by atoms with van der Waals surface area (Å²) in [6.45, 7) is 0.441. The van der Waals surface area contributed by atoms with Gasteiger partial charge in [-0.05, 0) is 18.2 Å². The minimum atomic E-state index is -0.625. The number of carbonyl (C=O) groups is 2. The van der Waals surface area contributed by atoms with Gasteiger partial charge in [0, 0.05) is 18.0 Å². The number of rotatable bonds is 7. The molecule has 0 fully saturated rings. The SMILES string of the molecule is COC(=O)Nc1nc(CC(=O)NCCn2nc(-c3ccco3)ccc2=O)cs1. The molecule has 0 aliphatic carbocycles. The molecular formula is C17H17N5O5S. The van der Waals surface area contributed by atoms with Crippen LogP contribution in [0, 0.1) is 0 Å². The number of nitrogens with zero attached hydrogens (tertiary/aromatic N) is 3. The summed E-state index contributed by atoms with van der Waals surface area (Å²) in [5.74, 6) is 0.294. The zero-order valence-electron chi connectivity index (χ0n) is 14.9. The fourth-order valence-electron chi connectivity index (χ4n) is 2.28. The van der Waals surface area contributed by atoms with Crippen molar-refractivity contribution in [3.05, 3.63) is 52.0 Å². The van der Waals surface area contributed by atoms with E-state index in [0.717, 1.165) is 0 Å². The van der Waals surface area contributed by atoms with E-state index in [0.29, 0.717) is 22.3 Å². The Hall–Kier alpha value is -3.47. The van der Waals surface area contributed by atoms with Gasteiger partial charge in [0.15, 0.2) is 10.9 Å². The van der Waals surface area contributed by atoms with Crippen LogP contribution < -0.4 is 16.2 Å². The Morgan fingerprint density at radius 2 is 2.18 bits per heavy atom. The molecule has 3 rings (SSSR count). The van der Waals surface area contributed by atoms with Crippen LogP contribution in [0.25, 0.3) is 11.5 Å². The number of nitrogens with one attached hydrogen (secondary N) is 2. The van der Waals surface area contributed by atoms with Crippen molar-refractivity contribution in [3.8, 4) is 11.5 Å². The highest BCUT2D eigenvalue weighted by Gasteiger charge is 2.10. The average molecular weight is 403 g/mol. The lowest BCUT2D eigenvalue weighted by atomic mass is 10.3. The summed E-state index contributed by atoms with van der Waals surface area (Å²) in [7, 11) is 1.25. The molecule has 0 unspecified atom stereocenters. The third-order valence-corrected chi connectivity index (χ3v) is 4.38. The minimum absolute atomic E-state index is 0.0497. The smallest absolute Gasteiger partial charge is 0.413 e. The van der Waals surface area contributed by atoms with E-state index in [4.69, 9.17) is 4.42 Å². The third kappa shape index (κ3) is 5.04. The van der Waals surface area contributed by atoms with Crippen molar-refractivity contribution in [2.24, 2.45) is 0 Å².